The second-order valence-electron chi connectivity index (χ2n) is 4.47. The van der Waals surface area contributed by atoms with E-state index in [0.29, 0.717) is 5.69 Å². The molecule has 0 aliphatic carbocycles. The first-order chi connectivity index (χ1) is 9.94. The highest BCUT2D eigenvalue weighted by atomic mass is 32.2. The first kappa shape index (κ1) is 15.0. The van der Waals surface area contributed by atoms with Crippen molar-refractivity contribution in [2.75, 3.05) is 11.4 Å². The zero-order valence-corrected chi connectivity index (χ0v) is 12.1. The average Bonchev–Trinajstić information content (AvgIpc) is 2.49. The molecule has 2 aromatic carbocycles. The Morgan fingerprint density at radius 3 is 2.48 bits per heavy atom. The van der Waals surface area contributed by atoms with Crippen LogP contribution in [0.15, 0.2) is 48.5 Å². The molecule has 0 atom stereocenters. The summed E-state index contributed by atoms with van der Waals surface area (Å²) in [5.74, 6) is -0.925. The Morgan fingerprint density at radius 2 is 1.86 bits per heavy atom. The van der Waals surface area contributed by atoms with Gasteiger partial charge in [-0.25, -0.2) is 12.8 Å². The van der Waals surface area contributed by atoms with E-state index in [1.807, 2.05) is 6.07 Å². The average molecular weight is 304 g/mol. The third-order valence-corrected chi connectivity index (χ3v) is 4.79. The number of hydrogen-bond donors (Lipinski definition) is 0. The molecule has 6 heteroatoms. The normalized spacial score (nSPS) is 10.9. The van der Waals surface area contributed by atoms with Gasteiger partial charge in [-0.15, -0.1) is 0 Å². The summed E-state index contributed by atoms with van der Waals surface area (Å²) in [6, 6.07) is 13.9. The quantitative estimate of drug-likeness (QED) is 0.872. The van der Waals surface area contributed by atoms with E-state index in [1.165, 1.54) is 13.1 Å². The molecule has 0 aromatic heterocycles. The molecule has 2 rings (SSSR count). The van der Waals surface area contributed by atoms with Crippen LogP contribution in [0.2, 0.25) is 0 Å². The molecule has 2 aromatic rings. The number of rotatable bonds is 4. The minimum atomic E-state index is -3.65. The number of halogens is 1. The summed E-state index contributed by atoms with van der Waals surface area (Å²) >= 11 is 0. The monoisotopic (exact) mass is 304 g/mol. The van der Waals surface area contributed by atoms with Crippen molar-refractivity contribution < 1.29 is 12.8 Å². The molecule has 21 heavy (non-hydrogen) atoms. The van der Waals surface area contributed by atoms with Crippen molar-refractivity contribution in [3.63, 3.8) is 0 Å². The van der Waals surface area contributed by atoms with Crippen LogP contribution in [-0.2, 0) is 15.8 Å². The van der Waals surface area contributed by atoms with E-state index in [0.717, 1.165) is 16.4 Å². The molecule has 0 unspecified atom stereocenters. The zero-order chi connectivity index (χ0) is 15.5. The molecule has 0 fully saturated rings. The lowest BCUT2D eigenvalue weighted by Crippen LogP contribution is -2.28. The fourth-order valence-corrected chi connectivity index (χ4v) is 3.15. The second kappa shape index (κ2) is 5.94. The predicted molar refractivity (Wildman–Crippen MR) is 78.6 cm³/mol. The summed E-state index contributed by atoms with van der Waals surface area (Å²) in [5, 5.41) is 8.97. The van der Waals surface area contributed by atoms with E-state index in [9.17, 15) is 12.8 Å². The van der Waals surface area contributed by atoms with Crippen LogP contribution in [0.5, 0.6) is 0 Å². The largest absolute Gasteiger partial charge is 0.273 e. The molecule has 0 amide bonds. The van der Waals surface area contributed by atoms with Crippen LogP contribution in [0.4, 0.5) is 10.1 Å². The summed E-state index contributed by atoms with van der Waals surface area (Å²) < 4.78 is 39.0. The predicted octanol–water partition coefficient (Wildman–Crippen LogP) is 2.66. The molecular formula is C15H13FN2O2S. The van der Waals surface area contributed by atoms with Crippen molar-refractivity contribution in [2.24, 2.45) is 0 Å². The Labute approximate surface area is 123 Å². The molecule has 0 N–H and O–H groups in total. The van der Waals surface area contributed by atoms with Crippen LogP contribution in [-0.4, -0.2) is 15.5 Å². The van der Waals surface area contributed by atoms with Gasteiger partial charge in [0, 0.05) is 7.05 Å². The van der Waals surface area contributed by atoms with Gasteiger partial charge in [0.1, 0.15) is 5.82 Å². The van der Waals surface area contributed by atoms with Gasteiger partial charge in [0.15, 0.2) is 0 Å². The molecule has 108 valence electrons. The summed E-state index contributed by atoms with van der Waals surface area (Å²) in [6.07, 6.45) is 0. The van der Waals surface area contributed by atoms with Crippen molar-refractivity contribution >= 4 is 15.7 Å². The summed E-state index contributed by atoms with van der Waals surface area (Å²) in [4.78, 5) is 0. The molecular weight excluding hydrogens is 291 g/mol. The number of nitrogens with zero attached hydrogens (tertiary/aromatic N) is 2. The summed E-state index contributed by atoms with van der Waals surface area (Å²) in [5.41, 5.74) is 0.833. The van der Waals surface area contributed by atoms with E-state index in [2.05, 4.69) is 0 Å². The van der Waals surface area contributed by atoms with Gasteiger partial charge in [-0.1, -0.05) is 24.3 Å². The van der Waals surface area contributed by atoms with Crippen molar-refractivity contribution in [1.29, 1.82) is 5.26 Å². The number of anilines is 1. The van der Waals surface area contributed by atoms with Gasteiger partial charge >= 0.3 is 0 Å². The lowest BCUT2D eigenvalue weighted by molar-refractivity contribution is 0.593. The maximum absolute atomic E-state index is 13.1. The van der Waals surface area contributed by atoms with Crippen molar-refractivity contribution in [2.45, 2.75) is 5.75 Å². The molecule has 0 aliphatic heterocycles. The molecule has 0 aliphatic rings. The van der Waals surface area contributed by atoms with E-state index < -0.39 is 15.8 Å². The van der Waals surface area contributed by atoms with E-state index in [-0.39, 0.29) is 16.9 Å². The number of nitriles is 1. The number of benzene rings is 2. The lowest BCUT2D eigenvalue weighted by Gasteiger charge is -2.19. The van der Waals surface area contributed by atoms with Gasteiger partial charge in [0.25, 0.3) is 0 Å². The standard InChI is InChI=1S/C15H13FN2O2S/c1-18(15-5-3-2-4-6-15)21(19,20)11-12-7-8-14(16)9-13(12)10-17/h2-9H,11H2,1H3. The summed E-state index contributed by atoms with van der Waals surface area (Å²) in [7, 11) is -2.21. The van der Waals surface area contributed by atoms with Gasteiger partial charge in [-0.05, 0) is 29.8 Å². The molecule has 0 heterocycles. The van der Waals surface area contributed by atoms with Gasteiger partial charge in [0.05, 0.1) is 23.1 Å². The number of hydrogen-bond acceptors (Lipinski definition) is 3. The smallest absolute Gasteiger partial charge is 0.239 e. The Hall–Kier alpha value is -2.39. The Kier molecular flexibility index (Phi) is 4.24. The van der Waals surface area contributed by atoms with Crippen molar-refractivity contribution in [1.82, 2.24) is 0 Å². The lowest BCUT2D eigenvalue weighted by atomic mass is 10.1. The van der Waals surface area contributed by atoms with E-state index in [4.69, 9.17) is 5.26 Å². The van der Waals surface area contributed by atoms with Crippen LogP contribution in [0, 0.1) is 17.1 Å². The van der Waals surface area contributed by atoms with Gasteiger partial charge in [0.2, 0.25) is 10.0 Å². The number of para-hydroxylation sites is 1. The van der Waals surface area contributed by atoms with Gasteiger partial charge < -0.3 is 0 Å². The SMILES string of the molecule is CN(c1ccccc1)S(=O)(=O)Cc1ccc(F)cc1C#N. The van der Waals surface area contributed by atoms with Crippen LogP contribution in [0.1, 0.15) is 11.1 Å². The highest BCUT2D eigenvalue weighted by Gasteiger charge is 2.20. The maximum atomic E-state index is 13.1. The molecule has 0 saturated heterocycles. The maximum Gasteiger partial charge on any atom is 0.239 e. The molecule has 4 nitrogen and oxygen atoms in total. The highest BCUT2D eigenvalue weighted by Crippen LogP contribution is 2.20. The third-order valence-electron chi connectivity index (χ3n) is 3.07. The molecule has 0 saturated carbocycles. The zero-order valence-electron chi connectivity index (χ0n) is 11.3. The second-order valence-corrected chi connectivity index (χ2v) is 6.47. The first-order valence-corrected chi connectivity index (χ1v) is 7.75. The Balaban J connectivity index is 2.33. The van der Waals surface area contributed by atoms with Gasteiger partial charge in [-0.3, -0.25) is 4.31 Å². The first-order valence-electron chi connectivity index (χ1n) is 6.14. The molecule has 0 bridgehead atoms. The third kappa shape index (κ3) is 3.38. The minimum absolute atomic E-state index is 0.0278. The Morgan fingerprint density at radius 1 is 1.19 bits per heavy atom. The van der Waals surface area contributed by atoms with Crippen LogP contribution in [0.3, 0.4) is 0 Å². The van der Waals surface area contributed by atoms with E-state index >= 15 is 0 Å². The molecule has 0 radical (unpaired) electrons. The van der Waals surface area contributed by atoms with Crippen molar-refractivity contribution in [3.05, 3.63) is 65.5 Å². The fourth-order valence-electron chi connectivity index (χ4n) is 1.87. The molecule has 0 spiro atoms. The number of sulfonamides is 1. The van der Waals surface area contributed by atoms with Gasteiger partial charge in [-0.2, -0.15) is 5.26 Å². The topological polar surface area (TPSA) is 61.2 Å². The van der Waals surface area contributed by atoms with Crippen molar-refractivity contribution in [3.8, 4) is 6.07 Å². The summed E-state index contributed by atoms with van der Waals surface area (Å²) in [6.45, 7) is 0. The highest BCUT2D eigenvalue weighted by molar-refractivity contribution is 7.92. The van der Waals surface area contributed by atoms with Crippen LogP contribution >= 0.6 is 0 Å². The fraction of sp³-hybridized carbons (Fsp3) is 0.133. The Bertz CT molecular complexity index is 783. The van der Waals surface area contributed by atoms with E-state index in [1.54, 1.807) is 30.3 Å². The van der Waals surface area contributed by atoms with Crippen LogP contribution < -0.4 is 4.31 Å². The minimum Gasteiger partial charge on any atom is -0.273 e. The van der Waals surface area contributed by atoms with Crippen LogP contribution in [0.25, 0.3) is 0 Å².